The molecule has 0 saturated carbocycles. The zero-order valence-corrected chi connectivity index (χ0v) is 14.0. The van der Waals surface area contributed by atoms with E-state index >= 15 is 0 Å². The summed E-state index contributed by atoms with van der Waals surface area (Å²) < 4.78 is 29.7. The fraction of sp³-hybridized carbons (Fsp3) is 0.533. The van der Waals surface area contributed by atoms with E-state index in [0.29, 0.717) is 12.2 Å². The lowest BCUT2D eigenvalue weighted by Gasteiger charge is -2.07. The zero-order chi connectivity index (χ0) is 15.7. The summed E-state index contributed by atoms with van der Waals surface area (Å²) in [4.78, 5) is 0.432. The van der Waals surface area contributed by atoms with E-state index in [-0.39, 0.29) is 22.2 Å². The van der Waals surface area contributed by atoms with Crippen LogP contribution in [0.4, 0.5) is 0 Å². The van der Waals surface area contributed by atoms with Crippen molar-refractivity contribution in [1.82, 2.24) is 0 Å². The van der Waals surface area contributed by atoms with Crippen LogP contribution in [0.25, 0.3) is 0 Å². The second-order valence-electron chi connectivity index (χ2n) is 4.88. The van der Waals surface area contributed by atoms with Gasteiger partial charge in [0.2, 0.25) is 0 Å². The first kappa shape index (κ1) is 18.1. The summed E-state index contributed by atoms with van der Waals surface area (Å²) in [7, 11) is -3.35. The molecule has 0 radical (unpaired) electrons. The van der Waals surface area contributed by atoms with E-state index in [9.17, 15) is 8.42 Å². The molecule has 0 aromatic heterocycles. The van der Waals surface area contributed by atoms with Gasteiger partial charge in [-0.3, -0.25) is 0 Å². The Bertz CT molecular complexity index is 556. The summed E-state index contributed by atoms with van der Waals surface area (Å²) in [5.74, 6) is -0.0262. The van der Waals surface area contributed by atoms with Gasteiger partial charge in [-0.15, -0.1) is 0 Å². The second kappa shape index (κ2) is 9.12. The Labute approximate surface area is 132 Å². The molecule has 1 aromatic rings. The molecule has 0 aliphatic carbocycles. The Morgan fingerprint density at radius 1 is 1.24 bits per heavy atom. The van der Waals surface area contributed by atoms with E-state index in [2.05, 4.69) is 6.92 Å². The van der Waals surface area contributed by atoms with E-state index in [1.165, 1.54) is 18.9 Å². The Morgan fingerprint density at radius 2 is 2.00 bits per heavy atom. The molecule has 0 heterocycles. The van der Waals surface area contributed by atoms with Gasteiger partial charge in [-0.05, 0) is 18.6 Å². The molecular weight excluding hydrogens is 306 g/mol. The third kappa shape index (κ3) is 6.54. The largest absolute Gasteiger partial charge is 0.389 e. The molecule has 6 heteroatoms. The van der Waals surface area contributed by atoms with Crippen molar-refractivity contribution >= 4 is 27.0 Å². The molecule has 4 nitrogen and oxygen atoms in total. The average Bonchev–Trinajstić information content (AvgIpc) is 2.46. The van der Waals surface area contributed by atoms with Gasteiger partial charge < -0.3 is 10.5 Å². The van der Waals surface area contributed by atoms with Crippen LogP contribution in [0.3, 0.4) is 0 Å². The molecule has 0 spiro atoms. The lowest BCUT2D eigenvalue weighted by Crippen LogP contribution is -2.15. The monoisotopic (exact) mass is 329 g/mol. The van der Waals surface area contributed by atoms with Crippen LogP contribution in [-0.4, -0.2) is 32.4 Å². The van der Waals surface area contributed by atoms with Gasteiger partial charge in [0.15, 0.2) is 9.84 Å². The normalized spacial score (nSPS) is 11.5. The summed E-state index contributed by atoms with van der Waals surface area (Å²) in [5.41, 5.74) is 6.08. The number of sulfone groups is 1. The third-order valence-electron chi connectivity index (χ3n) is 3.12. The Kier molecular flexibility index (Phi) is 7.85. The van der Waals surface area contributed by atoms with Crippen LogP contribution >= 0.6 is 12.2 Å². The van der Waals surface area contributed by atoms with Crippen molar-refractivity contribution in [3.63, 3.8) is 0 Å². The van der Waals surface area contributed by atoms with Crippen LogP contribution in [-0.2, 0) is 14.6 Å². The maximum atomic E-state index is 12.2. The topological polar surface area (TPSA) is 69.4 Å². The molecule has 21 heavy (non-hydrogen) atoms. The van der Waals surface area contributed by atoms with Crippen LogP contribution in [0.5, 0.6) is 0 Å². The standard InChI is InChI=1S/C15H23NO3S2/c1-2-3-4-5-9-19-10-11-21(17,18)14-8-6-7-13(12-14)15(16)20/h6-8,12H,2-5,9-11H2,1H3,(H2,16,20). The van der Waals surface area contributed by atoms with Gasteiger partial charge in [0.25, 0.3) is 0 Å². The highest BCUT2D eigenvalue weighted by Gasteiger charge is 2.15. The Morgan fingerprint density at radius 3 is 2.67 bits per heavy atom. The smallest absolute Gasteiger partial charge is 0.180 e. The highest BCUT2D eigenvalue weighted by atomic mass is 32.2. The average molecular weight is 329 g/mol. The van der Waals surface area contributed by atoms with Crippen LogP contribution in [0.15, 0.2) is 29.2 Å². The van der Waals surface area contributed by atoms with Crippen molar-refractivity contribution < 1.29 is 13.2 Å². The first-order valence-corrected chi connectivity index (χ1v) is 9.24. The molecule has 0 aliphatic rings. The number of hydrogen-bond donors (Lipinski definition) is 1. The quantitative estimate of drug-likeness (QED) is 0.528. The van der Waals surface area contributed by atoms with Crippen LogP contribution in [0.2, 0.25) is 0 Å². The number of nitrogens with two attached hydrogens (primary N) is 1. The van der Waals surface area contributed by atoms with Crippen LogP contribution in [0, 0.1) is 0 Å². The van der Waals surface area contributed by atoms with Gasteiger partial charge in [0.05, 0.1) is 17.3 Å². The predicted octanol–water partition coefficient (Wildman–Crippen LogP) is 2.69. The number of benzene rings is 1. The number of rotatable bonds is 10. The third-order valence-corrected chi connectivity index (χ3v) is 5.03. The van der Waals surface area contributed by atoms with E-state index in [1.54, 1.807) is 18.2 Å². The number of unbranched alkanes of at least 4 members (excludes halogenated alkanes) is 3. The van der Waals surface area contributed by atoms with Gasteiger partial charge >= 0.3 is 0 Å². The van der Waals surface area contributed by atoms with E-state index in [0.717, 1.165) is 12.8 Å². The van der Waals surface area contributed by atoms with Gasteiger partial charge in [-0.25, -0.2) is 8.42 Å². The minimum atomic E-state index is -3.35. The molecule has 0 atom stereocenters. The first-order chi connectivity index (χ1) is 9.97. The molecule has 0 bridgehead atoms. The SMILES string of the molecule is CCCCCCOCCS(=O)(=O)c1cccc(C(N)=S)c1. The summed E-state index contributed by atoms with van der Waals surface area (Å²) >= 11 is 4.86. The predicted molar refractivity (Wildman–Crippen MR) is 89.3 cm³/mol. The van der Waals surface area contributed by atoms with E-state index in [1.807, 2.05) is 0 Å². The molecule has 0 aliphatic heterocycles. The zero-order valence-electron chi connectivity index (χ0n) is 12.4. The summed E-state index contributed by atoms with van der Waals surface area (Å²) in [6.07, 6.45) is 4.46. The van der Waals surface area contributed by atoms with Gasteiger partial charge in [-0.2, -0.15) is 0 Å². The highest BCUT2D eigenvalue weighted by molar-refractivity contribution is 7.91. The number of ether oxygens (including phenoxy) is 1. The lowest BCUT2D eigenvalue weighted by molar-refractivity contribution is 0.144. The van der Waals surface area contributed by atoms with Crippen molar-refractivity contribution in [3.05, 3.63) is 29.8 Å². The van der Waals surface area contributed by atoms with Crippen molar-refractivity contribution in [2.45, 2.75) is 37.5 Å². The molecule has 0 saturated heterocycles. The second-order valence-corrected chi connectivity index (χ2v) is 7.43. The van der Waals surface area contributed by atoms with Gasteiger partial charge in [0.1, 0.15) is 4.99 Å². The number of thiocarbonyl (C=S) groups is 1. The fourth-order valence-electron chi connectivity index (χ4n) is 1.86. The molecule has 0 fully saturated rings. The molecule has 2 N–H and O–H groups in total. The van der Waals surface area contributed by atoms with E-state index in [4.69, 9.17) is 22.7 Å². The van der Waals surface area contributed by atoms with Crippen LogP contribution < -0.4 is 5.73 Å². The minimum absolute atomic E-state index is 0.0262. The first-order valence-electron chi connectivity index (χ1n) is 7.17. The summed E-state index contributed by atoms with van der Waals surface area (Å²) in [5, 5.41) is 0. The summed E-state index contributed by atoms with van der Waals surface area (Å²) in [6, 6.07) is 6.41. The fourth-order valence-corrected chi connectivity index (χ4v) is 3.15. The highest BCUT2D eigenvalue weighted by Crippen LogP contribution is 2.13. The Balaban J connectivity index is 2.46. The molecule has 1 aromatic carbocycles. The lowest BCUT2D eigenvalue weighted by atomic mass is 10.2. The minimum Gasteiger partial charge on any atom is -0.389 e. The van der Waals surface area contributed by atoms with Crippen LogP contribution in [0.1, 0.15) is 38.2 Å². The molecule has 1 rings (SSSR count). The van der Waals surface area contributed by atoms with Crippen molar-refractivity contribution in [2.24, 2.45) is 5.73 Å². The van der Waals surface area contributed by atoms with Gasteiger partial charge in [0, 0.05) is 12.2 Å². The van der Waals surface area contributed by atoms with Gasteiger partial charge in [-0.1, -0.05) is 50.5 Å². The van der Waals surface area contributed by atoms with Crippen molar-refractivity contribution in [1.29, 1.82) is 0 Å². The number of hydrogen-bond acceptors (Lipinski definition) is 4. The molecule has 118 valence electrons. The van der Waals surface area contributed by atoms with Crippen molar-refractivity contribution in [2.75, 3.05) is 19.0 Å². The summed E-state index contributed by atoms with van der Waals surface area (Å²) in [6.45, 7) is 2.97. The molecule has 0 unspecified atom stereocenters. The maximum absolute atomic E-state index is 12.2. The van der Waals surface area contributed by atoms with Crippen molar-refractivity contribution in [3.8, 4) is 0 Å². The Hall–Kier alpha value is -0.980. The molecule has 0 amide bonds. The van der Waals surface area contributed by atoms with E-state index < -0.39 is 9.84 Å². The maximum Gasteiger partial charge on any atom is 0.180 e. The molecular formula is C15H23NO3S2.